The fourth-order valence-electron chi connectivity index (χ4n) is 4.49. The van der Waals surface area contributed by atoms with Crippen LogP contribution in [0.1, 0.15) is 36.8 Å². The largest absolute Gasteiger partial charge is 0.479 e. The first-order valence-corrected chi connectivity index (χ1v) is 11.9. The average Bonchev–Trinajstić information content (AvgIpc) is 3.67. The lowest BCUT2D eigenvalue weighted by Crippen LogP contribution is -2.53. The number of benzene rings is 3. The molecule has 0 amide bonds. The number of esters is 1. The zero-order valence-electron chi connectivity index (χ0n) is 19.5. The van der Waals surface area contributed by atoms with Gasteiger partial charge in [-0.05, 0) is 66.3 Å². The van der Waals surface area contributed by atoms with Gasteiger partial charge in [-0.2, -0.15) is 0 Å². The Bertz CT molecular complexity index is 1230. The highest BCUT2D eigenvalue weighted by Crippen LogP contribution is 2.52. The second-order valence-electron chi connectivity index (χ2n) is 8.92. The molecule has 0 aliphatic heterocycles. The standard InChI is InChI=1S/C28H25ClF2O5/c1-17(32)35-25(16-18-7-14-23(30)24(15-18)36-22-5-3-2-4-6-22)28(31,27(33)34)26(19-8-9-19)20-10-12-21(29)13-11-20/h2-7,10-15,19,25-26H,8-9,16H2,1H3,(H,33,34)/t25-,26?,28-/m0/s1. The lowest BCUT2D eigenvalue weighted by molar-refractivity contribution is -0.174. The molecule has 4 rings (SSSR count). The fraction of sp³-hybridized carbons (Fsp3) is 0.286. The molecular weight excluding hydrogens is 490 g/mol. The van der Waals surface area contributed by atoms with Crippen molar-refractivity contribution in [3.63, 3.8) is 0 Å². The van der Waals surface area contributed by atoms with Gasteiger partial charge in [-0.3, -0.25) is 4.79 Å². The van der Waals surface area contributed by atoms with Crippen LogP contribution in [0.15, 0.2) is 72.8 Å². The molecule has 0 saturated heterocycles. The summed E-state index contributed by atoms with van der Waals surface area (Å²) in [5, 5.41) is 10.6. The molecule has 0 heterocycles. The van der Waals surface area contributed by atoms with Crippen molar-refractivity contribution < 1.29 is 33.0 Å². The SMILES string of the molecule is CC(=O)O[C@@H](Cc1ccc(F)c(Oc2ccccc2)c1)[C@@](F)(C(=O)O)C(c1ccc(Cl)cc1)C1CC1. The predicted molar refractivity (Wildman–Crippen MR) is 131 cm³/mol. The zero-order chi connectivity index (χ0) is 25.9. The van der Waals surface area contributed by atoms with Gasteiger partial charge in [0.05, 0.1) is 0 Å². The minimum atomic E-state index is -2.95. The number of aliphatic carboxylic acids is 1. The minimum Gasteiger partial charge on any atom is -0.479 e. The summed E-state index contributed by atoms with van der Waals surface area (Å²) in [4.78, 5) is 24.5. The van der Waals surface area contributed by atoms with Crippen molar-refractivity contribution in [2.75, 3.05) is 0 Å². The van der Waals surface area contributed by atoms with E-state index >= 15 is 4.39 Å². The Morgan fingerprint density at radius 1 is 1.08 bits per heavy atom. The van der Waals surface area contributed by atoms with E-state index < -0.39 is 35.4 Å². The first kappa shape index (κ1) is 25.6. The predicted octanol–water partition coefficient (Wildman–Crippen LogP) is 6.73. The summed E-state index contributed by atoms with van der Waals surface area (Å²) in [6.07, 6.45) is -0.691. The van der Waals surface area contributed by atoms with Gasteiger partial charge >= 0.3 is 11.9 Å². The van der Waals surface area contributed by atoms with Gasteiger partial charge in [-0.25, -0.2) is 13.6 Å². The van der Waals surface area contributed by atoms with E-state index in [2.05, 4.69) is 0 Å². The van der Waals surface area contributed by atoms with Gasteiger partial charge in [0.25, 0.3) is 5.67 Å². The molecule has 8 heteroatoms. The number of hydrogen-bond donors (Lipinski definition) is 1. The molecule has 1 N–H and O–H groups in total. The average molecular weight is 515 g/mol. The molecule has 5 nitrogen and oxygen atoms in total. The molecule has 0 spiro atoms. The summed E-state index contributed by atoms with van der Waals surface area (Å²) in [5.74, 6) is -4.23. The molecule has 3 atom stereocenters. The number of ether oxygens (including phenoxy) is 2. The molecule has 3 aromatic carbocycles. The number of carboxylic acids is 1. The number of carbonyl (C=O) groups is 2. The Balaban J connectivity index is 1.71. The van der Waals surface area contributed by atoms with Crippen LogP contribution in [0.4, 0.5) is 8.78 Å². The summed E-state index contributed by atoms with van der Waals surface area (Å²) in [7, 11) is 0. The smallest absolute Gasteiger partial charge is 0.346 e. The highest BCUT2D eigenvalue weighted by molar-refractivity contribution is 6.30. The van der Waals surface area contributed by atoms with Crippen LogP contribution in [0.2, 0.25) is 5.02 Å². The molecular formula is C28H25ClF2O5. The third kappa shape index (κ3) is 5.68. The van der Waals surface area contributed by atoms with Crippen molar-refractivity contribution in [2.45, 2.75) is 43.9 Å². The van der Waals surface area contributed by atoms with Crippen LogP contribution in [0.3, 0.4) is 0 Å². The number of hydrogen-bond acceptors (Lipinski definition) is 4. The van der Waals surface area contributed by atoms with E-state index in [0.717, 1.165) is 13.0 Å². The van der Waals surface area contributed by atoms with E-state index in [1.807, 2.05) is 0 Å². The Hall–Kier alpha value is -3.45. The van der Waals surface area contributed by atoms with Gasteiger partial charge in [-0.15, -0.1) is 0 Å². The summed E-state index contributed by atoms with van der Waals surface area (Å²) >= 11 is 5.99. The maximum atomic E-state index is 16.9. The highest BCUT2D eigenvalue weighted by atomic mass is 35.5. The van der Waals surface area contributed by atoms with Crippen LogP contribution >= 0.6 is 11.6 Å². The van der Waals surface area contributed by atoms with E-state index in [1.54, 1.807) is 54.6 Å². The van der Waals surface area contributed by atoms with Crippen LogP contribution in [-0.2, 0) is 20.7 Å². The maximum Gasteiger partial charge on any atom is 0.346 e. The maximum absolute atomic E-state index is 16.9. The van der Waals surface area contributed by atoms with E-state index in [4.69, 9.17) is 21.1 Å². The quantitative estimate of drug-likeness (QED) is 0.304. The minimum absolute atomic E-state index is 0.114. The number of para-hydroxylation sites is 1. The van der Waals surface area contributed by atoms with E-state index in [1.165, 1.54) is 12.1 Å². The van der Waals surface area contributed by atoms with Gasteiger partial charge in [-0.1, -0.05) is 48.0 Å². The first-order chi connectivity index (χ1) is 17.2. The van der Waals surface area contributed by atoms with Gasteiger partial charge in [0.2, 0.25) is 0 Å². The van der Waals surface area contributed by atoms with Crippen molar-refractivity contribution in [2.24, 2.45) is 5.92 Å². The molecule has 3 aromatic rings. The lowest BCUT2D eigenvalue weighted by Gasteiger charge is -2.36. The van der Waals surface area contributed by atoms with E-state index in [9.17, 15) is 19.1 Å². The van der Waals surface area contributed by atoms with Crippen LogP contribution in [-0.4, -0.2) is 28.8 Å². The highest BCUT2D eigenvalue weighted by Gasteiger charge is 2.59. The number of carbonyl (C=O) groups excluding carboxylic acids is 1. The molecule has 1 unspecified atom stereocenters. The normalized spacial score (nSPS) is 16.4. The summed E-state index contributed by atoms with van der Waals surface area (Å²) in [5.41, 5.74) is -2.14. The summed E-state index contributed by atoms with van der Waals surface area (Å²) in [6, 6.07) is 18.8. The monoisotopic (exact) mass is 514 g/mol. The van der Waals surface area contributed by atoms with Crippen molar-refractivity contribution in [1.29, 1.82) is 0 Å². The molecule has 0 aromatic heterocycles. The van der Waals surface area contributed by atoms with Crippen LogP contribution in [0.25, 0.3) is 0 Å². The number of carboxylic acid groups (broad SMARTS) is 1. The fourth-order valence-corrected chi connectivity index (χ4v) is 4.61. The van der Waals surface area contributed by atoms with Crippen molar-refractivity contribution in [3.05, 3.63) is 94.8 Å². The third-order valence-electron chi connectivity index (χ3n) is 6.27. The molecule has 1 saturated carbocycles. The molecule has 36 heavy (non-hydrogen) atoms. The van der Waals surface area contributed by atoms with Crippen molar-refractivity contribution in [3.8, 4) is 11.5 Å². The molecule has 188 valence electrons. The Morgan fingerprint density at radius 2 is 1.75 bits per heavy atom. The van der Waals surface area contributed by atoms with Crippen LogP contribution in [0, 0.1) is 11.7 Å². The van der Waals surface area contributed by atoms with Gasteiger partial charge in [0.1, 0.15) is 5.75 Å². The van der Waals surface area contributed by atoms with E-state index in [0.29, 0.717) is 34.7 Å². The molecule has 1 fully saturated rings. The molecule has 1 aliphatic rings. The number of alkyl halides is 1. The second-order valence-corrected chi connectivity index (χ2v) is 9.36. The lowest BCUT2D eigenvalue weighted by atomic mass is 9.75. The molecule has 1 aliphatic carbocycles. The van der Waals surface area contributed by atoms with E-state index in [-0.39, 0.29) is 18.1 Å². The Kier molecular flexibility index (Phi) is 7.59. The molecule has 0 radical (unpaired) electrons. The number of halogens is 3. The summed E-state index contributed by atoms with van der Waals surface area (Å²) < 4.78 is 42.3. The topological polar surface area (TPSA) is 72.8 Å². The van der Waals surface area contributed by atoms with Gasteiger partial charge in [0, 0.05) is 24.3 Å². The first-order valence-electron chi connectivity index (χ1n) is 11.5. The van der Waals surface area contributed by atoms with Gasteiger partial charge < -0.3 is 14.6 Å². The summed E-state index contributed by atoms with van der Waals surface area (Å²) in [6.45, 7) is 1.10. The van der Waals surface area contributed by atoms with Gasteiger partial charge in [0.15, 0.2) is 17.7 Å². The van der Waals surface area contributed by atoms with Crippen molar-refractivity contribution in [1.82, 2.24) is 0 Å². The second kappa shape index (κ2) is 10.7. The molecule has 0 bridgehead atoms. The third-order valence-corrected chi connectivity index (χ3v) is 6.52. The van der Waals surface area contributed by atoms with Crippen molar-refractivity contribution >= 4 is 23.5 Å². The van der Waals surface area contributed by atoms with Crippen LogP contribution in [0.5, 0.6) is 11.5 Å². The van der Waals surface area contributed by atoms with Crippen LogP contribution < -0.4 is 4.74 Å². The number of rotatable bonds is 10. The zero-order valence-corrected chi connectivity index (χ0v) is 20.3. The Morgan fingerprint density at radius 3 is 2.33 bits per heavy atom. The Labute approximate surface area is 212 Å².